The molecule has 2 aromatic heterocycles. The second kappa shape index (κ2) is 4.87. The van der Waals surface area contributed by atoms with Gasteiger partial charge in [0.25, 0.3) is 5.91 Å². The number of nitrogens with one attached hydrogen (secondary N) is 2. The lowest BCUT2D eigenvalue weighted by atomic mass is 10.2. The minimum absolute atomic E-state index is 0.173. The summed E-state index contributed by atoms with van der Waals surface area (Å²) in [4.78, 5) is 16.0. The first-order valence-electron chi connectivity index (χ1n) is 5.57. The number of H-pyrrole nitrogens is 1. The van der Waals surface area contributed by atoms with Gasteiger partial charge in [-0.05, 0) is 26.0 Å². The predicted molar refractivity (Wildman–Crippen MR) is 67.9 cm³/mol. The van der Waals surface area contributed by atoms with Crippen LogP contribution < -0.4 is 11.1 Å². The maximum absolute atomic E-state index is 11.9. The number of aromatic amines is 1. The number of carbonyl (C=O) groups excluding carboxylic acids is 1. The summed E-state index contributed by atoms with van der Waals surface area (Å²) in [6.45, 7) is 4.14. The molecule has 0 aromatic carbocycles. The molecule has 2 rings (SSSR count). The first-order valence-corrected chi connectivity index (χ1v) is 5.57. The van der Waals surface area contributed by atoms with Crippen LogP contribution in [0, 0.1) is 13.8 Å². The number of aromatic nitrogens is 3. The molecule has 0 saturated heterocycles. The molecule has 0 saturated carbocycles. The molecule has 0 unspecified atom stereocenters. The van der Waals surface area contributed by atoms with Crippen LogP contribution in [0.1, 0.15) is 27.3 Å². The lowest BCUT2D eigenvalue weighted by molar-refractivity contribution is 0.0950. The molecular weight excluding hydrogens is 230 g/mol. The third kappa shape index (κ3) is 2.65. The van der Waals surface area contributed by atoms with Crippen molar-refractivity contribution in [2.45, 2.75) is 20.4 Å². The highest BCUT2D eigenvalue weighted by atomic mass is 16.1. The highest BCUT2D eigenvalue weighted by Gasteiger charge is 2.08. The Hall–Kier alpha value is -2.37. The van der Waals surface area contributed by atoms with Gasteiger partial charge in [-0.15, -0.1) is 0 Å². The number of amides is 1. The molecule has 0 aliphatic rings. The predicted octanol–water partition coefficient (Wildman–Crippen LogP) is 0.934. The molecule has 0 aliphatic carbocycles. The summed E-state index contributed by atoms with van der Waals surface area (Å²) in [5.41, 5.74) is 8.75. The molecule has 1 amide bonds. The normalized spacial score (nSPS) is 10.3. The van der Waals surface area contributed by atoms with Crippen LogP contribution in [-0.4, -0.2) is 21.1 Å². The number of nitrogens with two attached hydrogens (primary N) is 1. The number of rotatable bonds is 3. The van der Waals surface area contributed by atoms with Crippen molar-refractivity contribution in [1.82, 2.24) is 20.5 Å². The molecule has 94 valence electrons. The zero-order valence-corrected chi connectivity index (χ0v) is 10.3. The third-order valence-corrected chi connectivity index (χ3v) is 2.61. The number of nitrogen functional groups attached to an aromatic ring is 1. The van der Waals surface area contributed by atoms with E-state index in [0.717, 1.165) is 17.0 Å². The molecule has 6 nitrogen and oxygen atoms in total. The van der Waals surface area contributed by atoms with Gasteiger partial charge < -0.3 is 11.1 Å². The van der Waals surface area contributed by atoms with Crippen LogP contribution in [0.2, 0.25) is 0 Å². The van der Waals surface area contributed by atoms with E-state index in [4.69, 9.17) is 5.73 Å². The van der Waals surface area contributed by atoms with Gasteiger partial charge in [-0.25, -0.2) is 4.98 Å². The van der Waals surface area contributed by atoms with Crippen molar-refractivity contribution in [1.29, 1.82) is 0 Å². The zero-order valence-electron chi connectivity index (χ0n) is 10.3. The summed E-state index contributed by atoms with van der Waals surface area (Å²) >= 11 is 0. The Balaban J connectivity index is 2.06. The highest BCUT2D eigenvalue weighted by molar-refractivity contribution is 5.94. The van der Waals surface area contributed by atoms with Crippen molar-refractivity contribution in [3.8, 4) is 0 Å². The van der Waals surface area contributed by atoms with E-state index in [1.165, 1.54) is 0 Å². The second-order valence-electron chi connectivity index (χ2n) is 4.12. The van der Waals surface area contributed by atoms with E-state index in [-0.39, 0.29) is 5.91 Å². The summed E-state index contributed by atoms with van der Waals surface area (Å²) < 4.78 is 0. The van der Waals surface area contributed by atoms with Crippen molar-refractivity contribution in [3.05, 3.63) is 40.8 Å². The van der Waals surface area contributed by atoms with Crippen LogP contribution in [0.5, 0.6) is 0 Å². The van der Waals surface area contributed by atoms with Crippen molar-refractivity contribution in [2.24, 2.45) is 0 Å². The second-order valence-corrected chi connectivity index (χ2v) is 4.12. The molecule has 0 spiro atoms. The van der Waals surface area contributed by atoms with Crippen LogP contribution in [0.3, 0.4) is 0 Å². The van der Waals surface area contributed by atoms with E-state index in [0.29, 0.717) is 17.9 Å². The number of carbonyl (C=O) groups is 1. The lowest BCUT2D eigenvalue weighted by Crippen LogP contribution is -2.23. The van der Waals surface area contributed by atoms with Crippen LogP contribution in [0.4, 0.5) is 5.82 Å². The Morgan fingerprint density at radius 1 is 1.44 bits per heavy atom. The minimum Gasteiger partial charge on any atom is -0.384 e. The minimum atomic E-state index is -0.173. The monoisotopic (exact) mass is 245 g/mol. The first kappa shape index (κ1) is 12.1. The average Bonchev–Trinajstić information content (AvgIpc) is 2.70. The van der Waals surface area contributed by atoms with E-state index >= 15 is 0 Å². The number of anilines is 1. The smallest absolute Gasteiger partial charge is 0.251 e. The van der Waals surface area contributed by atoms with E-state index in [2.05, 4.69) is 20.5 Å². The van der Waals surface area contributed by atoms with Gasteiger partial charge in [0.2, 0.25) is 0 Å². The average molecular weight is 245 g/mol. The Kier molecular flexibility index (Phi) is 3.27. The van der Waals surface area contributed by atoms with Crippen molar-refractivity contribution in [2.75, 3.05) is 5.73 Å². The van der Waals surface area contributed by atoms with E-state index in [1.807, 2.05) is 6.92 Å². The topological polar surface area (TPSA) is 96.7 Å². The molecule has 18 heavy (non-hydrogen) atoms. The van der Waals surface area contributed by atoms with Gasteiger partial charge in [-0.1, -0.05) is 0 Å². The van der Waals surface area contributed by atoms with Gasteiger partial charge in [0.15, 0.2) is 0 Å². The fourth-order valence-electron chi connectivity index (χ4n) is 1.66. The van der Waals surface area contributed by atoms with Crippen LogP contribution >= 0.6 is 0 Å². The number of hydrogen-bond acceptors (Lipinski definition) is 4. The summed E-state index contributed by atoms with van der Waals surface area (Å²) in [6.07, 6.45) is 1.70. The maximum Gasteiger partial charge on any atom is 0.251 e. The molecule has 2 heterocycles. The molecule has 0 aliphatic heterocycles. The fraction of sp³-hybridized carbons (Fsp3) is 0.250. The van der Waals surface area contributed by atoms with Gasteiger partial charge in [0, 0.05) is 29.1 Å². The number of hydrogen-bond donors (Lipinski definition) is 3. The summed E-state index contributed by atoms with van der Waals surface area (Å²) in [5.74, 6) is 0.174. The van der Waals surface area contributed by atoms with Gasteiger partial charge in [0.05, 0.1) is 6.20 Å². The molecule has 4 N–H and O–H groups in total. The SMILES string of the molecule is Cc1cc(C(=O)NCc2cn[nH]c2C)cc(N)n1. The Morgan fingerprint density at radius 3 is 2.83 bits per heavy atom. The largest absolute Gasteiger partial charge is 0.384 e. The number of nitrogens with zero attached hydrogens (tertiary/aromatic N) is 2. The van der Waals surface area contributed by atoms with Crippen molar-refractivity contribution in [3.63, 3.8) is 0 Å². The molecule has 0 atom stereocenters. The highest BCUT2D eigenvalue weighted by Crippen LogP contribution is 2.08. The van der Waals surface area contributed by atoms with Gasteiger partial charge in [0.1, 0.15) is 5.82 Å². The van der Waals surface area contributed by atoms with Crippen LogP contribution in [-0.2, 0) is 6.54 Å². The van der Waals surface area contributed by atoms with E-state index in [9.17, 15) is 4.79 Å². The van der Waals surface area contributed by atoms with Gasteiger partial charge in [-0.3, -0.25) is 9.89 Å². The van der Waals surface area contributed by atoms with Crippen LogP contribution in [0.25, 0.3) is 0 Å². The van der Waals surface area contributed by atoms with E-state index in [1.54, 1.807) is 25.3 Å². The molecule has 0 bridgehead atoms. The maximum atomic E-state index is 11.9. The quantitative estimate of drug-likeness (QED) is 0.749. The van der Waals surface area contributed by atoms with Gasteiger partial charge in [-0.2, -0.15) is 5.10 Å². The Morgan fingerprint density at radius 2 is 2.22 bits per heavy atom. The standard InChI is InChI=1S/C12H15N5O/c1-7-3-9(4-11(13)16-7)12(18)14-5-10-6-15-17-8(10)2/h3-4,6H,5H2,1-2H3,(H2,13,16)(H,14,18)(H,15,17). The molecule has 0 fully saturated rings. The third-order valence-electron chi connectivity index (χ3n) is 2.61. The Bertz CT molecular complexity index is 555. The molecular formula is C12H15N5O. The number of pyridine rings is 1. The number of aryl methyl sites for hydroxylation is 2. The fourth-order valence-corrected chi connectivity index (χ4v) is 1.66. The summed E-state index contributed by atoms with van der Waals surface area (Å²) in [7, 11) is 0. The van der Waals surface area contributed by atoms with E-state index < -0.39 is 0 Å². The zero-order chi connectivity index (χ0) is 13.1. The Labute approximate surface area is 105 Å². The summed E-state index contributed by atoms with van der Waals surface area (Å²) in [5, 5.41) is 9.53. The van der Waals surface area contributed by atoms with Crippen molar-refractivity contribution >= 4 is 11.7 Å². The van der Waals surface area contributed by atoms with Gasteiger partial charge >= 0.3 is 0 Å². The first-order chi connectivity index (χ1) is 8.56. The summed E-state index contributed by atoms with van der Waals surface area (Å²) in [6, 6.07) is 3.26. The van der Waals surface area contributed by atoms with Crippen LogP contribution in [0.15, 0.2) is 18.3 Å². The molecule has 0 radical (unpaired) electrons. The van der Waals surface area contributed by atoms with Crippen molar-refractivity contribution < 1.29 is 4.79 Å². The molecule has 2 aromatic rings. The molecule has 6 heteroatoms. The lowest BCUT2D eigenvalue weighted by Gasteiger charge is -2.06.